The minimum atomic E-state index is -1.57. The van der Waals surface area contributed by atoms with Crippen LogP contribution in [0.25, 0.3) is 22.3 Å². The van der Waals surface area contributed by atoms with Crippen molar-refractivity contribution in [3.8, 4) is 39.5 Å². The molecule has 0 aliphatic carbocycles. The van der Waals surface area contributed by atoms with Crippen LogP contribution in [-0.4, -0.2) is 82.9 Å². The fourth-order valence-electron chi connectivity index (χ4n) is 7.84. The maximum Gasteiger partial charge on any atom is 0.326 e. The van der Waals surface area contributed by atoms with E-state index in [2.05, 4.69) is 76.1 Å². The van der Waals surface area contributed by atoms with Crippen LogP contribution in [0.3, 0.4) is 0 Å². The fourth-order valence-corrected chi connectivity index (χ4v) is 8.08. The molecule has 60 heavy (non-hydrogen) atoms. The first-order valence-electron chi connectivity index (χ1n) is 20.1. The topological polar surface area (TPSA) is 155 Å². The largest absolute Gasteiger partial charge is 0.492 e. The van der Waals surface area contributed by atoms with Gasteiger partial charge in [0.25, 0.3) is 0 Å². The number of benzene rings is 4. The number of anilines is 1. The summed E-state index contributed by atoms with van der Waals surface area (Å²) in [6.45, 7) is 8.73. The van der Waals surface area contributed by atoms with E-state index >= 15 is 0 Å². The molecule has 314 valence electrons. The minimum Gasteiger partial charge on any atom is -0.492 e. The van der Waals surface area contributed by atoms with Crippen molar-refractivity contribution in [1.29, 1.82) is 0 Å². The summed E-state index contributed by atoms with van der Waals surface area (Å²) in [5.41, 5.74) is 8.34. The summed E-state index contributed by atoms with van der Waals surface area (Å²) in [4.78, 5) is 30.1. The number of carboxylic acids is 1. The Labute approximate surface area is 355 Å². The summed E-state index contributed by atoms with van der Waals surface area (Å²) in [5.74, 6) is 0.655. The molecular weight excluding hydrogens is 782 g/mol. The van der Waals surface area contributed by atoms with Crippen molar-refractivity contribution < 1.29 is 34.0 Å². The number of rotatable bonds is 18. The maximum absolute atomic E-state index is 11.9. The molecule has 5 aromatic rings. The van der Waals surface area contributed by atoms with Crippen LogP contribution in [0.4, 0.5) is 5.69 Å². The van der Waals surface area contributed by atoms with Crippen LogP contribution in [0.5, 0.6) is 17.2 Å². The second-order valence-electron chi connectivity index (χ2n) is 15.9. The van der Waals surface area contributed by atoms with E-state index < -0.39 is 18.1 Å². The van der Waals surface area contributed by atoms with E-state index in [0.717, 1.165) is 82.0 Å². The van der Waals surface area contributed by atoms with Crippen molar-refractivity contribution in [2.45, 2.75) is 64.4 Å². The number of halogens is 1. The van der Waals surface area contributed by atoms with Crippen LogP contribution >= 0.6 is 11.6 Å². The normalized spacial score (nSPS) is 15.5. The van der Waals surface area contributed by atoms with E-state index in [0.29, 0.717) is 35.1 Å². The van der Waals surface area contributed by atoms with Crippen LogP contribution in [0.2, 0.25) is 5.02 Å². The molecule has 1 spiro atoms. The number of aliphatic hydroxyl groups excluding tert-OH is 1. The highest BCUT2D eigenvalue weighted by molar-refractivity contribution is 6.32. The van der Waals surface area contributed by atoms with Gasteiger partial charge in [-0.05, 0) is 90.4 Å². The van der Waals surface area contributed by atoms with Gasteiger partial charge < -0.3 is 35.1 Å². The number of pyridine rings is 1. The zero-order valence-corrected chi connectivity index (χ0v) is 35.2. The molecule has 1 atom stereocenters. The number of aliphatic carboxylic acids is 1. The Kier molecular flexibility index (Phi) is 13.0. The van der Waals surface area contributed by atoms with Gasteiger partial charge in [-0.3, -0.25) is 24.8 Å². The van der Waals surface area contributed by atoms with E-state index in [1.165, 1.54) is 6.92 Å². The SMILES string of the molecule is CNc1cncc(COc2cc(OCc3cccc(-c4cccc(-c5ccc(OCCN6CC7(CCC(=O)N7)C6)cc5)c4C)c3C)c(Cl)cc2CNC(C)(CO)C(=O)O)c1. The number of ether oxygens (including phenoxy) is 3. The molecule has 2 aliphatic heterocycles. The molecule has 2 aliphatic rings. The molecule has 0 saturated carbocycles. The van der Waals surface area contributed by atoms with Crippen molar-refractivity contribution in [3.05, 3.63) is 124 Å². The molecule has 4 aromatic carbocycles. The molecule has 12 nitrogen and oxygen atoms in total. The van der Waals surface area contributed by atoms with Crippen molar-refractivity contribution in [2.75, 3.05) is 45.2 Å². The first kappa shape index (κ1) is 42.5. The second-order valence-corrected chi connectivity index (χ2v) is 16.3. The predicted molar refractivity (Wildman–Crippen MR) is 233 cm³/mol. The third-order valence-corrected chi connectivity index (χ3v) is 11.9. The van der Waals surface area contributed by atoms with Gasteiger partial charge in [-0.2, -0.15) is 0 Å². The van der Waals surface area contributed by atoms with Gasteiger partial charge in [0.1, 0.15) is 42.6 Å². The molecule has 2 fully saturated rings. The van der Waals surface area contributed by atoms with Crippen LogP contribution in [0.1, 0.15) is 47.6 Å². The highest BCUT2D eigenvalue weighted by Crippen LogP contribution is 2.37. The number of carbonyl (C=O) groups is 2. The van der Waals surface area contributed by atoms with E-state index in [4.69, 9.17) is 25.8 Å². The second kappa shape index (κ2) is 18.3. The zero-order valence-electron chi connectivity index (χ0n) is 34.4. The third-order valence-electron chi connectivity index (χ3n) is 11.6. The zero-order chi connectivity index (χ0) is 42.4. The number of nitrogens with one attached hydrogen (secondary N) is 3. The lowest BCUT2D eigenvalue weighted by molar-refractivity contribution is -0.146. The Morgan fingerprint density at radius 2 is 1.63 bits per heavy atom. The van der Waals surface area contributed by atoms with E-state index in [9.17, 15) is 19.8 Å². The quantitative estimate of drug-likeness (QED) is 0.0612. The molecule has 0 bridgehead atoms. The maximum atomic E-state index is 11.9. The molecule has 3 heterocycles. The number of carboxylic acid groups (broad SMARTS) is 1. The van der Waals surface area contributed by atoms with Crippen molar-refractivity contribution in [3.63, 3.8) is 0 Å². The van der Waals surface area contributed by atoms with E-state index in [1.54, 1.807) is 24.5 Å². The molecule has 13 heteroatoms. The lowest BCUT2D eigenvalue weighted by Crippen LogP contribution is -2.67. The van der Waals surface area contributed by atoms with Gasteiger partial charge in [-0.25, -0.2) is 0 Å². The van der Waals surface area contributed by atoms with Crippen LogP contribution in [-0.2, 0) is 29.3 Å². The minimum absolute atomic E-state index is 0.0163. The predicted octanol–water partition coefficient (Wildman–Crippen LogP) is 7.15. The number of hydrogen-bond acceptors (Lipinski definition) is 10. The van der Waals surface area contributed by atoms with Gasteiger partial charge in [-0.1, -0.05) is 60.1 Å². The molecule has 1 amide bonds. The molecule has 5 N–H and O–H groups in total. The molecule has 7 rings (SSSR count). The average Bonchev–Trinajstić information content (AvgIpc) is 3.64. The van der Waals surface area contributed by atoms with Gasteiger partial charge in [0, 0.05) is 69.2 Å². The van der Waals surface area contributed by atoms with Gasteiger partial charge in [0.2, 0.25) is 5.91 Å². The van der Waals surface area contributed by atoms with E-state index in [1.807, 2.05) is 37.4 Å². The number of aromatic nitrogens is 1. The van der Waals surface area contributed by atoms with Crippen molar-refractivity contribution in [1.82, 2.24) is 20.5 Å². The molecule has 1 aromatic heterocycles. The first-order valence-corrected chi connectivity index (χ1v) is 20.5. The first-order chi connectivity index (χ1) is 28.9. The standard InChI is InChI=1S/C47H52ClN5O7/c1-30-34(26-60-43-21-42(59-25-32-19-36(49-4)24-50-22-32)35(20-41(43)48)23-51-46(3,29-54)45(56)57)7-5-9-39(30)40-10-6-8-38(31(40)2)33-11-13-37(14-12-33)58-18-17-53-27-47(28-53)16-15-44(55)52-47/h5-14,19-22,24,49,51,54H,15-18,23,25-29H2,1-4H3,(H,52,55)(H,56,57). The lowest BCUT2D eigenvalue weighted by atomic mass is 9.88. The van der Waals surface area contributed by atoms with Crippen LogP contribution in [0, 0.1) is 13.8 Å². The Balaban J connectivity index is 1.03. The number of amides is 1. The third kappa shape index (κ3) is 9.53. The molecule has 0 radical (unpaired) electrons. The summed E-state index contributed by atoms with van der Waals surface area (Å²) in [5, 5.41) is 29.0. The van der Waals surface area contributed by atoms with Crippen LogP contribution < -0.4 is 30.2 Å². The molecule has 1 unspecified atom stereocenters. The highest BCUT2D eigenvalue weighted by Gasteiger charge is 2.47. The van der Waals surface area contributed by atoms with Crippen molar-refractivity contribution in [2.24, 2.45) is 0 Å². The number of aliphatic hydroxyl groups is 1. The van der Waals surface area contributed by atoms with Gasteiger partial charge >= 0.3 is 5.97 Å². The Hall–Kier alpha value is -5.66. The Bertz CT molecular complexity index is 2350. The summed E-state index contributed by atoms with van der Waals surface area (Å²) >= 11 is 6.80. The summed E-state index contributed by atoms with van der Waals surface area (Å²) in [7, 11) is 1.81. The molecular formula is C47H52ClN5O7. The van der Waals surface area contributed by atoms with Crippen molar-refractivity contribution >= 4 is 29.2 Å². The summed E-state index contributed by atoms with van der Waals surface area (Å²) in [6, 6.07) is 26.1. The van der Waals surface area contributed by atoms with Gasteiger partial charge in [-0.15, -0.1) is 0 Å². The smallest absolute Gasteiger partial charge is 0.326 e. The summed E-state index contributed by atoms with van der Waals surface area (Å²) < 4.78 is 18.7. The van der Waals surface area contributed by atoms with Gasteiger partial charge in [0.15, 0.2) is 0 Å². The Morgan fingerprint density at radius 3 is 2.33 bits per heavy atom. The number of hydrogen-bond donors (Lipinski definition) is 5. The fraction of sp³-hybridized carbons (Fsp3) is 0.340. The average molecular weight is 834 g/mol. The summed E-state index contributed by atoms with van der Waals surface area (Å²) in [6.07, 6.45) is 4.98. The number of carbonyl (C=O) groups excluding carboxylic acids is 1. The Morgan fingerprint density at radius 1 is 0.917 bits per heavy atom. The van der Waals surface area contributed by atoms with Gasteiger partial charge in [0.05, 0.1) is 22.9 Å². The number of nitrogens with zero attached hydrogens (tertiary/aromatic N) is 2. The van der Waals surface area contributed by atoms with E-state index in [-0.39, 0.29) is 31.2 Å². The van der Waals surface area contributed by atoms with Crippen LogP contribution in [0.15, 0.2) is 91.3 Å². The highest BCUT2D eigenvalue weighted by atomic mass is 35.5. The molecule has 2 saturated heterocycles. The lowest BCUT2D eigenvalue weighted by Gasteiger charge is -2.47. The number of likely N-dealkylation sites (tertiary alicyclic amines) is 1. The monoisotopic (exact) mass is 833 g/mol.